The first-order valence-electron chi connectivity index (χ1n) is 10.2. The molecule has 29 heavy (non-hydrogen) atoms. The van der Waals surface area contributed by atoms with Crippen molar-refractivity contribution in [2.24, 2.45) is 23.7 Å². The van der Waals surface area contributed by atoms with E-state index in [2.05, 4.69) is 32.8 Å². The smallest absolute Gasteiger partial charge is 0.303 e. The Balaban J connectivity index is 1.55. The second-order valence-corrected chi connectivity index (χ2v) is 10.6. The van der Waals surface area contributed by atoms with Crippen molar-refractivity contribution < 1.29 is 18.3 Å². The van der Waals surface area contributed by atoms with Crippen LogP contribution in [0.25, 0.3) is 6.08 Å². The number of carboxylic acid groups (broad SMARTS) is 1. The van der Waals surface area contributed by atoms with Crippen molar-refractivity contribution in [3.05, 3.63) is 51.9 Å². The van der Waals surface area contributed by atoms with E-state index in [9.17, 15) is 13.2 Å². The van der Waals surface area contributed by atoms with E-state index in [0.717, 1.165) is 16.5 Å². The fourth-order valence-electron chi connectivity index (χ4n) is 4.68. The summed E-state index contributed by atoms with van der Waals surface area (Å²) in [6.45, 7) is 0.457. The van der Waals surface area contributed by atoms with Gasteiger partial charge in [0.1, 0.15) is 0 Å². The lowest BCUT2D eigenvalue weighted by molar-refractivity contribution is -0.137. The summed E-state index contributed by atoms with van der Waals surface area (Å²) in [5.41, 5.74) is 0.834. The molecule has 2 saturated carbocycles. The molecule has 5 nitrogen and oxygen atoms in total. The van der Waals surface area contributed by atoms with Gasteiger partial charge in [-0.25, -0.2) is 13.1 Å². The van der Waals surface area contributed by atoms with Gasteiger partial charge in [0.25, 0.3) is 0 Å². The summed E-state index contributed by atoms with van der Waals surface area (Å²) in [5, 5.41) is 9.97. The average molecular weight is 482 g/mol. The third kappa shape index (κ3) is 6.52. The minimum Gasteiger partial charge on any atom is -0.481 e. The van der Waals surface area contributed by atoms with Crippen LogP contribution in [0.5, 0.6) is 0 Å². The normalized spacial score (nSPS) is 26.7. The van der Waals surface area contributed by atoms with E-state index in [0.29, 0.717) is 36.6 Å². The molecule has 1 aromatic carbocycles. The highest BCUT2D eigenvalue weighted by molar-refractivity contribution is 9.10. The zero-order valence-corrected chi connectivity index (χ0v) is 18.7. The summed E-state index contributed by atoms with van der Waals surface area (Å²) in [4.78, 5) is 10.6. The van der Waals surface area contributed by atoms with Crippen LogP contribution in [0.2, 0.25) is 0 Å². The van der Waals surface area contributed by atoms with Gasteiger partial charge in [0, 0.05) is 22.8 Å². The molecule has 3 rings (SSSR count). The minimum atomic E-state index is -3.49. The largest absolute Gasteiger partial charge is 0.481 e. The van der Waals surface area contributed by atoms with Crippen LogP contribution < -0.4 is 4.72 Å². The molecule has 4 unspecified atom stereocenters. The molecule has 0 amide bonds. The van der Waals surface area contributed by atoms with E-state index in [1.807, 2.05) is 24.3 Å². The van der Waals surface area contributed by atoms with Crippen LogP contribution in [0.1, 0.15) is 44.1 Å². The molecule has 0 heterocycles. The first-order valence-corrected chi connectivity index (χ1v) is 12.5. The number of fused-ring (bicyclic) bond motifs is 2. The van der Waals surface area contributed by atoms with E-state index in [4.69, 9.17) is 5.11 Å². The van der Waals surface area contributed by atoms with Crippen LogP contribution in [-0.4, -0.2) is 26.0 Å². The number of aliphatic carboxylic acids is 1. The lowest BCUT2D eigenvalue weighted by Crippen LogP contribution is -2.34. The number of carbonyl (C=O) groups is 1. The Morgan fingerprint density at radius 1 is 1.21 bits per heavy atom. The van der Waals surface area contributed by atoms with Gasteiger partial charge in [0.2, 0.25) is 10.0 Å². The first-order chi connectivity index (χ1) is 13.8. The van der Waals surface area contributed by atoms with E-state index in [1.54, 1.807) is 6.08 Å². The number of unbranched alkanes of at least 4 members (excludes halogenated alkanes) is 1. The second kappa shape index (κ2) is 10.0. The van der Waals surface area contributed by atoms with Gasteiger partial charge in [0.05, 0.1) is 0 Å². The number of benzene rings is 1. The van der Waals surface area contributed by atoms with Gasteiger partial charge < -0.3 is 5.11 Å². The molecule has 2 fully saturated rings. The van der Waals surface area contributed by atoms with E-state index in [-0.39, 0.29) is 6.42 Å². The fourth-order valence-corrected chi connectivity index (χ4v) is 5.81. The summed E-state index contributed by atoms with van der Waals surface area (Å²) in [5.74, 6) is 1.15. The second-order valence-electron chi connectivity index (χ2n) is 8.04. The maximum absolute atomic E-state index is 12.4. The summed E-state index contributed by atoms with van der Waals surface area (Å²) in [7, 11) is -3.49. The average Bonchev–Trinajstić information content (AvgIpc) is 3.27. The molecule has 158 valence electrons. The van der Waals surface area contributed by atoms with Crippen molar-refractivity contribution in [2.75, 3.05) is 6.54 Å². The highest BCUT2D eigenvalue weighted by atomic mass is 79.9. The quantitative estimate of drug-likeness (QED) is 0.370. The molecule has 2 bridgehead atoms. The molecule has 0 saturated heterocycles. The minimum absolute atomic E-state index is 0.189. The van der Waals surface area contributed by atoms with E-state index in [1.165, 1.54) is 24.7 Å². The van der Waals surface area contributed by atoms with Crippen LogP contribution in [0, 0.1) is 23.7 Å². The molecule has 1 aromatic rings. The molecule has 0 aliphatic heterocycles. The Morgan fingerprint density at radius 3 is 2.66 bits per heavy atom. The molecular weight excluding hydrogens is 454 g/mol. The van der Waals surface area contributed by atoms with Gasteiger partial charge in [-0.05, 0) is 79.5 Å². The van der Waals surface area contributed by atoms with Gasteiger partial charge in [-0.15, -0.1) is 0 Å². The zero-order valence-electron chi connectivity index (χ0n) is 16.3. The van der Waals surface area contributed by atoms with Crippen molar-refractivity contribution in [1.29, 1.82) is 0 Å². The summed E-state index contributed by atoms with van der Waals surface area (Å²) in [6.07, 6.45) is 11.1. The summed E-state index contributed by atoms with van der Waals surface area (Å²) < 4.78 is 28.6. The van der Waals surface area contributed by atoms with Gasteiger partial charge in [0.15, 0.2) is 0 Å². The van der Waals surface area contributed by atoms with Gasteiger partial charge in [-0.3, -0.25) is 4.79 Å². The van der Waals surface area contributed by atoms with Crippen molar-refractivity contribution in [3.8, 4) is 0 Å². The molecule has 2 aliphatic carbocycles. The number of sulfonamides is 1. The number of carboxylic acids is 1. The number of nitrogens with one attached hydrogen (secondary N) is 1. The molecule has 0 spiro atoms. The van der Waals surface area contributed by atoms with Gasteiger partial charge in [-0.2, -0.15) is 0 Å². The Hall–Kier alpha value is -1.44. The molecule has 0 radical (unpaired) electrons. The summed E-state index contributed by atoms with van der Waals surface area (Å²) >= 11 is 3.37. The number of allylic oxidation sites excluding steroid dienone is 2. The molecule has 2 N–H and O–H groups in total. The van der Waals surface area contributed by atoms with Crippen molar-refractivity contribution in [3.63, 3.8) is 0 Å². The maximum Gasteiger partial charge on any atom is 0.303 e. The lowest BCUT2D eigenvalue weighted by Gasteiger charge is -2.29. The van der Waals surface area contributed by atoms with Crippen LogP contribution in [0.4, 0.5) is 0 Å². The molecular formula is C22H28BrNO4S. The van der Waals surface area contributed by atoms with Crippen LogP contribution in [0.15, 0.2) is 46.3 Å². The van der Waals surface area contributed by atoms with E-state index < -0.39 is 16.0 Å². The third-order valence-electron chi connectivity index (χ3n) is 6.11. The number of hydrogen-bond acceptors (Lipinski definition) is 3. The predicted octanol–water partition coefficient (Wildman–Crippen LogP) is 4.81. The Labute approximate surface area is 181 Å². The number of rotatable bonds is 10. The Morgan fingerprint density at radius 2 is 1.93 bits per heavy atom. The van der Waals surface area contributed by atoms with Crippen LogP contribution in [0.3, 0.4) is 0 Å². The van der Waals surface area contributed by atoms with Crippen molar-refractivity contribution >= 4 is 38.0 Å². The fraction of sp³-hybridized carbons (Fsp3) is 0.500. The standard InChI is InChI=1S/C22H28BrNO4S/c23-19-10-6-16(7-11-19)12-13-29(27,28)24-15-21-18-9-8-17(14-18)20(21)4-2-1-3-5-22(25)26/h2,4,6-7,10-13,17-18,20-21,24H,1,3,5,8-9,14-15H2,(H,25,26). The van der Waals surface area contributed by atoms with Gasteiger partial charge in [-0.1, -0.05) is 40.2 Å². The topological polar surface area (TPSA) is 83.5 Å². The van der Waals surface area contributed by atoms with Crippen LogP contribution in [-0.2, 0) is 14.8 Å². The molecule has 0 aromatic heterocycles. The van der Waals surface area contributed by atoms with Gasteiger partial charge >= 0.3 is 5.97 Å². The first kappa shape index (κ1) is 22.2. The number of halogens is 1. The van der Waals surface area contributed by atoms with Crippen molar-refractivity contribution in [2.45, 2.75) is 38.5 Å². The highest BCUT2D eigenvalue weighted by Gasteiger charge is 2.46. The molecule has 7 heteroatoms. The number of hydrogen-bond donors (Lipinski definition) is 2. The molecule has 2 aliphatic rings. The third-order valence-corrected chi connectivity index (χ3v) is 7.70. The van der Waals surface area contributed by atoms with Crippen molar-refractivity contribution in [1.82, 2.24) is 4.72 Å². The van der Waals surface area contributed by atoms with E-state index >= 15 is 0 Å². The lowest BCUT2D eigenvalue weighted by atomic mass is 9.79. The maximum atomic E-state index is 12.4. The SMILES string of the molecule is O=C(O)CCCC=CC1C2CCC(C2)C1CNS(=O)(=O)C=Cc1ccc(Br)cc1. The molecule has 4 atom stereocenters. The zero-order chi connectivity index (χ0) is 20.9. The Kier molecular flexibility index (Phi) is 7.71. The highest BCUT2D eigenvalue weighted by Crippen LogP contribution is 2.52. The van der Waals surface area contributed by atoms with Crippen LogP contribution >= 0.6 is 15.9 Å². The Bertz CT molecular complexity index is 863. The monoisotopic (exact) mass is 481 g/mol. The predicted molar refractivity (Wildman–Crippen MR) is 119 cm³/mol. The summed E-state index contributed by atoms with van der Waals surface area (Å²) in [6, 6.07) is 7.47.